The van der Waals surface area contributed by atoms with Crippen molar-refractivity contribution >= 4 is 44.8 Å². The average molecular weight is 572 g/mol. The smallest absolute Gasteiger partial charge is 0.273 e. The first-order valence-electron chi connectivity index (χ1n) is 11.1. The van der Waals surface area contributed by atoms with Crippen molar-refractivity contribution in [2.24, 2.45) is 0 Å². The van der Waals surface area contributed by atoms with Crippen LogP contribution in [-0.4, -0.2) is 10.5 Å². The molecule has 0 unspecified atom stereocenters. The van der Waals surface area contributed by atoms with E-state index in [1.807, 2.05) is 42.5 Å². The summed E-state index contributed by atoms with van der Waals surface area (Å²) in [6.07, 6.45) is 3.12. The number of carbonyl (C=O) groups is 1. The molecular formula is C28H18BrN3O4S. The molecule has 3 heterocycles. The molecule has 0 fully saturated rings. The lowest BCUT2D eigenvalue weighted by Crippen LogP contribution is -2.33. The molecule has 0 atom stereocenters. The molecule has 0 spiro atoms. The lowest BCUT2D eigenvalue weighted by Gasteiger charge is -2.04. The van der Waals surface area contributed by atoms with Gasteiger partial charge in [0.1, 0.15) is 28.0 Å². The van der Waals surface area contributed by atoms with Crippen LogP contribution in [0.15, 0.2) is 103 Å². The second kappa shape index (κ2) is 10.7. The fraction of sp³-hybridized carbons (Fsp3) is 0.0357. The molecule has 9 heteroatoms. The van der Waals surface area contributed by atoms with Gasteiger partial charge in [-0.2, -0.15) is 5.26 Å². The van der Waals surface area contributed by atoms with Gasteiger partial charge in [0.2, 0.25) is 0 Å². The molecule has 182 valence electrons. The van der Waals surface area contributed by atoms with Crippen LogP contribution < -0.4 is 20.1 Å². The molecule has 2 aromatic carbocycles. The van der Waals surface area contributed by atoms with Gasteiger partial charge in [-0.3, -0.25) is 14.2 Å². The van der Waals surface area contributed by atoms with E-state index >= 15 is 0 Å². The van der Waals surface area contributed by atoms with Crippen LogP contribution in [0.5, 0.6) is 0 Å². The first kappa shape index (κ1) is 24.3. The topological polar surface area (TPSA) is 101 Å². The quantitative estimate of drug-likeness (QED) is 0.327. The fourth-order valence-electron chi connectivity index (χ4n) is 3.66. The minimum atomic E-state index is -0.605. The monoisotopic (exact) mass is 571 g/mol. The van der Waals surface area contributed by atoms with Gasteiger partial charge in [0.05, 0.1) is 23.0 Å². The maximum atomic E-state index is 13.5. The molecule has 0 aliphatic heterocycles. The summed E-state index contributed by atoms with van der Waals surface area (Å²) in [5, 5.41) is 12.6. The molecule has 1 amide bonds. The number of nitriles is 1. The number of carbonyl (C=O) groups excluding carboxylic acids is 1. The zero-order chi connectivity index (χ0) is 25.8. The van der Waals surface area contributed by atoms with Crippen molar-refractivity contribution in [1.29, 1.82) is 5.26 Å². The van der Waals surface area contributed by atoms with Crippen molar-refractivity contribution in [3.05, 3.63) is 121 Å². The second-order valence-electron chi connectivity index (χ2n) is 7.85. The largest absolute Gasteiger partial charge is 0.467 e. The molecule has 0 bridgehead atoms. The van der Waals surface area contributed by atoms with Crippen molar-refractivity contribution in [3.63, 3.8) is 0 Å². The third kappa shape index (κ3) is 5.26. The minimum absolute atomic E-state index is 0.113. The Bertz CT molecular complexity index is 1770. The third-order valence-corrected chi connectivity index (χ3v) is 7.04. The van der Waals surface area contributed by atoms with E-state index in [0.29, 0.717) is 27.5 Å². The molecule has 1 N–H and O–H groups in total. The van der Waals surface area contributed by atoms with Crippen LogP contribution in [0.2, 0.25) is 0 Å². The van der Waals surface area contributed by atoms with Crippen molar-refractivity contribution in [2.75, 3.05) is 0 Å². The number of hydrogen-bond donors (Lipinski definition) is 1. The van der Waals surface area contributed by atoms with Gasteiger partial charge >= 0.3 is 0 Å². The molecule has 5 rings (SSSR count). The van der Waals surface area contributed by atoms with Crippen molar-refractivity contribution < 1.29 is 13.6 Å². The Labute approximate surface area is 223 Å². The Morgan fingerprint density at radius 3 is 2.54 bits per heavy atom. The highest BCUT2D eigenvalue weighted by Gasteiger charge is 2.17. The van der Waals surface area contributed by atoms with Crippen LogP contribution in [0.4, 0.5) is 0 Å². The van der Waals surface area contributed by atoms with Crippen molar-refractivity contribution in [1.82, 2.24) is 9.88 Å². The molecule has 3 aromatic heterocycles. The number of nitrogens with one attached hydrogen (secondary N) is 1. The van der Waals surface area contributed by atoms with Gasteiger partial charge in [0, 0.05) is 16.1 Å². The molecule has 7 nitrogen and oxygen atoms in total. The molecule has 0 radical (unpaired) electrons. The Morgan fingerprint density at radius 1 is 1.05 bits per heavy atom. The van der Waals surface area contributed by atoms with Crippen LogP contribution in [0.1, 0.15) is 11.5 Å². The van der Waals surface area contributed by atoms with Gasteiger partial charge < -0.3 is 14.2 Å². The maximum Gasteiger partial charge on any atom is 0.273 e. The highest BCUT2D eigenvalue weighted by atomic mass is 79.9. The summed E-state index contributed by atoms with van der Waals surface area (Å²) in [6, 6.07) is 25.6. The Hall–Kier alpha value is -4.39. The standard InChI is InChI=1S/C28H18BrN3O4S/c29-19-10-8-18(9-11-19)24-13-12-21(36-24)15-25-27(34)32(20-5-2-1-3-6-20)28(37-25)23(16-30)26(33)31-17-22-7-4-14-35-22/h1-15H,17H2,(H,31,33)/b25-15+,28-23-. The Morgan fingerprint density at radius 2 is 1.84 bits per heavy atom. The SMILES string of the molecule is N#C/C(C(=O)NCc1ccco1)=c1/s/c(=C/c2ccc(-c3ccc(Br)cc3)o2)c(=O)n1-c1ccccc1. The molecule has 0 saturated carbocycles. The summed E-state index contributed by atoms with van der Waals surface area (Å²) in [5.41, 5.74) is 0.899. The summed E-state index contributed by atoms with van der Waals surface area (Å²) in [5.74, 6) is 1.07. The Kier molecular flexibility index (Phi) is 7.03. The normalized spacial score (nSPS) is 12.3. The number of halogens is 1. The second-order valence-corrected chi connectivity index (χ2v) is 9.80. The van der Waals surface area contributed by atoms with Gasteiger partial charge in [-0.1, -0.05) is 46.3 Å². The molecular weight excluding hydrogens is 554 g/mol. The Balaban J connectivity index is 1.61. The van der Waals surface area contributed by atoms with E-state index in [2.05, 4.69) is 21.2 Å². The zero-order valence-electron chi connectivity index (χ0n) is 19.2. The van der Waals surface area contributed by atoms with Crippen molar-refractivity contribution in [3.8, 4) is 23.1 Å². The number of para-hydroxylation sites is 1. The lowest BCUT2D eigenvalue weighted by molar-refractivity contribution is -0.115. The van der Waals surface area contributed by atoms with E-state index in [4.69, 9.17) is 8.83 Å². The highest BCUT2D eigenvalue weighted by molar-refractivity contribution is 9.10. The van der Waals surface area contributed by atoms with Gasteiger partial charge in [-0.25, -0.2) is 0 Å². The summed E-state index contributed by atoms with van der Waals surface area (Å²) in [6.45, 7) is 0.113. The number of benzene rings is 2. The number of hydrogen-bond acceptors (Lipinski definition) is 6. The zero-order valence-corrected chi connectivity index (χ0v) is 21.6. The van der Waals surface area contributed by atoms with Crippen LogP contribution >= 0.6 is 27.3 Å². The van der Waals surface area contributed by atoms with Crippen LogP contribution in [-0.2, 0) is 11.3 Å². The number of amides is 1. The number of nitrogens with zero attached hydrogens (tertiary/aromatic N) is 2. The number of thiazole rings is 1. The van der Waals surface area contributed by atoms with Gasteiger partial charge in [-0.15, -0.1) is 11.3 Å². The van der Waals surface area contributed by atoms with Gasteiger partial charge in [0.15, 0.2) is 5.57 Å². The third-order valence-electron chi connectivity index (χ3n) is 5.42. The predicted molar refractivity (Wildman–Crippen MR) is 144 cm³/mol. The van der Waals surface area contributed by atoms with E-state index in [1.165, 1.54) is 10.8 Å². The number of furan rings is 2. The minimum Gasteiger partial charge on any atom is -0.467 e. The number of aromatic nitrogens is 1. The fourth-order valence-corrected chi connectivity index (χ4v) is 5.00. The van der Waals surface area contributed by atoms with E-state index in [-0.39, 0.29) is 22.3 Å². The summed E-state index contributed by atoms with van der Waals surface area (Å²) in [4.78, 5) is 26.5. The molecule has 0 aliphatic rings. The maximum absolute atomic E-state index is 13.5. The van der Waals surface area contributed by atoms with E-state index in [9.17, 15) is 14.9 Å². The highest BCUT2D eigenvalue weighted by Crippen LogP contribution is 2.24. The van der Waals surface area contributed by atoms with E-state index in [1.54, 1.807) is 48.5 Å². The van der Waals surface area contributed by atoms with E-state index in [0.717, 1.165) is 21.4 Å². The average Bonchev–Trinajstić information content (AvgIpc) is 3.66. The first-order chi connectivity index (χ1) is 18.0. The van der Waals surface area contributed by atoms with Crippen LogP contribution in [0.3, 0.4) is 0 Å². The van der Waals surface area contributed by atoms with Crippen molar-refractivity contribution in [2.45, 2.75) is 6.54 Å². The first-order valence-corrected chi connectivity index (χ1v) is 12.7. The van der Waals surface area contributed by atoms with Crippen LogP contribution in [0, 0.1) is 11.3 Å². The van der Waals surface area contributed by atoms with Gasteiger partial charge in [-0.05, 0) is 48.5 Å². The predicted octanol–water partition coefficient (Wildman–Crippen LogP) is 4.33. The molecule has 0 saturated heterocycles. The summed E-state index contributed by atoms with van der Waals surface area (Å²) >= 11 is 4.47. The summed E-state index contributed by atoms with van der Waals surface area (Å²) < 4.78 is 14.1. The summed E-state index contributed by atoms with van der Waals surface area (Å²) in [7, 11) is 0. The molecule has 0 aliphatic carbocycles. The molecule has 5 aromatic rings. The molecule has 37 heavy (non-hydrogen) atoms. The van der Waals surface area contributed by atoms with Crippen LogP contribution in [0.25, 0.3) is 28.7 Å². The van der Waals surface area contributed by atoms with E-state index < -0.39 is 5.91 Å². The lowest BCUT2D eigenvalue weighted by atomic mass is 10.2. The number of rotatable bonds is 6. The van der Waals surface area contributed by atoms with Gasteiger partial charge in [0.25, 0.3) is 11.5 Å².